The first-order valence-corrected chi connectivity index (χ1v) is 8.92. The van der Waals surface area contributed by atoms with E-state index >= 15 is 0 Å². The van der Waals surface area contributed by atoms with E-state index in [2.05, 4.69) is 25.3 Å². The second-order valence-electron chi connectivity index (χ2n) is 6.59. The number of benzene rings is 1. The minimum Gasteiger partial charge on any atom is -0.406 e. The standard InChI is InChI=1S/C19H21F3N4O2/c20-19(21,22)28-17-5-1-4-16(11-17)25-18(27)24-15-6-9-26(10-7-15)13-14-3-2-8-23-12-14/h1-5,8,11-12,15H,6-7,9-10,13H2,(H2,24,25,27). The molecule has 150 valence electrons. The molecule has 0 unspecified atom stereocenters. The van der Waals surface area contributed by atoms with Crippen LogP contribution in [-0.4, -0.2) is 41.4 Å². The lowest BCUT2D eigenvalue weighted by molar-refractivity contribution is -0.274. The van der Waals surface area contributed by atoms with Crippen LogP contribution in [-0.2, 0) is 6.54 Å². The molecule has 2 amide bonds. The van der Waals surface area contributed by atoms with Crippen LogP contribution < -0.4 is 15.4 Å². The molecule has 1 aromatic carbocycles. The number of carbonyl (C=O) groups excluding carboxylic acids is 1. The Morgan fingerprint density at radius 2 is 2.00 bits per heavy atom. The summed E-state index contributed by atoms with van der Waals surface area (Å²) in [5.41, 5.74) is 1.38. The van der Waals surface area contributed by atoms with Crippen molar-refractivity contribution in [1.29, 1.82) is 0 Å². The van der Waals surface area contributed by atoms with Crippen molar-refractivity contribution in [3.8, 4) is 5.75 Å². The number of nitrogens with zero attached hydrogens (tertiary/aromatic N) is 2. The van der Waals surface area contributed by atoms with Gasteiger partial charge in [0.1, 0.15) is 5.75 Å². The van der Waals surface area contributed by atoms with Gasteiger partial charge < -0.3 is 15.4 Å². The van der Waals surface area contributed by atoms with Crippen LogP contribution in [0.3, 0.4) is 0 Å². The van der Waals surface area contributed by atoms with Crippen molar-refractivity contribution in [1.82, 2.24) is 15.2 Å². The van der Waals surface area contributed by atoms with Crippen LogP contribution in [0.1, 0.15) is 18.4 Å². The third-order valence-electron chi connectivity index (χ3n) is 4.38. The number of likely N-dealkylation sites (tertiary alicyclic amines) is 1. The summed E-state index contributed by atoms with van der Waals surface area (Å²) in [7, 11) is 0. The fraction of sp³-hybridized carbons (Fsp3) is 0.368. The van der Waals surface area contributed by atoms with Crippen LogP contribution in [0.5, 0.6) is 5.75 Å². The lowest BCUT2D eigenvalue weighted by atomic mass is 10.0. The zero-order chi connectivity index (χ0) is 20.0. The maximum Gasteiger partial charge on any atom is 0.573 e. The SMILES string of the molecule is O=C(Nc1cccc(OC(F)(F)F)c1)NC1CCN(Cc2cccnc2)CC1. The van der Waals surface area contributed by atoms with Crippen LogP contribution in [0, 0.1) is 0 Å². The van der Waals surface area contributed by atoms with Gasteiger partial charge in [-0.3, -0.25) is 9.88 Å². The Morgan fingerprint density at radius 3 is 2.68 bits per heavy atom. The predicted molar refractivity (Wildman–Crippen MR) is 97.8 cm³/mol. The molecular formula is C19H21F3N4O2. The number of nitrogens with one attached hydrogen (secondary N) is 2. The van der Waals surface area contributed by atoms with E-state index < -0.39 is 12.4 Å². The summed E-state index contributed by atoms with van der Waals surface area (Å²) in [6.07, 6.45) is 0.401. The Hall–Kier alpha value is -2.81. The van der Waals surface area contributed by atoms with E-state index in [0.717, 1.165) is 44.1 Å². The molecule has 2 aromatic rings. The first kappa shape index (κ1) is 19.9. The van der Waals surface area contributed by atoms with Crippen molar-refractivity contribution in [2.45, 2.75) is 31.8 Å². The number of ether oxygens (including phenoxy) is 1. The Kier molecular flexibility index (Phi) is 6.35. The molecule has 3 rings (SSSR count). The van der Waals surface area contributed by atoms with Crippen molar-refractivity contribution < 1.29 is 22.7 Å². The first-order valence-electron chi connectivity index (χ1n) is 8.92. The Balaban J connectivity index is 1.44. The summed E-state index contributed by atoms with van der Waals surface area (Å²) in [6, 6.07) is 8.68. The van der Waals surface area contributed by atoms with Crippen LogP contribution in [0.25, 0.3) is 0 Å². The second-order valence-corrected chi connectivity index (χ2v) is 6.59. The van der Waals surface area contributed by atoms with Crippen LogP contribution in [0.15, 0.2) is 48.8 Å². The van der Waals surface area contributed by atoms with Gasteiger partial charge in [0, 0.05) is 49.8 Å². The van der Waals surface area contributed by atoms with Gasteiger partial charge in [-0.1, -0.05) is 12.1 Å². The monoisotopic (exact) mass is 394 g/mol. The van der Waals surface area contributed by atoms with Gasteiger partial charge in [0.2, 0.25) is 0 Å². The molecule has 2 N–H and O–H groups in total. The Morgan fingerprint density at radius 1 is 1.21 bits per heavy atom. The van der Waals surface area contributed by atoms with Crippen molar-refractivity contribution >= 4 is 11.7 Å². The third kappa shape index (κ3) is 6.41. The number of urea groups is 1. The van der Waals surface area contributed by atoms with E-state index in [1.165, 1.54) is 18.2 Å². The summed E-state index contributed by atoms with van der Waals surface area (Å²) in [4.78, 5) is 18.5. The molecule has 1 fully saturated rings. The summed E-state index contributed by atoms with van der Waals surface area (Å²) < 4.78 is 40.7. The normalized spacial score (nSPS) is 15.8. The maximum absolute atomic E-state index is 12.3. The number of hydrogen-bond donors (Lipinski definition) is 2. The summed E-state index contributed by atoms with van der Waals surface area (Å²) in [5, 5.41) is 5.41. The second kappa shape index (κ2) is 8.92. The van der Waals surface area contributed by atoms with E-state index in [1.807, 2.05) is 18.3 Å². The number of piperidine rings is 1. The summed E-state index contributed by atoms with van der Waals surface area (Å²) in [6.45, 7) is 2.50. The number of alkyl halides is 3. The molecule has 1 saturated heterocycles. The Labute approximate surface area is 160 Å². The quantitative estimate of drug-likeness (QED) is 0.810. The van der Waals surface area contributed by atoms with E-state index in [1.54, 1.807) is 6.20 Å². The highest BCUT2D eigenvalue weighted by Crippen LogP contribution is 2.25. The largest absolute Gasteiger partial charge is 0.573 e. The van der Waals surface area contributed by atoms with Crippen molar-refractivity contribution in [2.75, 3.05) is 18.4 Å². The van der Waals surface area contributed by atoms with Gasteiger partial charge in [-0.05, 0) is 36.6 Å². The summed E-state index contributed by atoms with van der Waals surface area (Å²) in [5.74, 6) is -0.381. The molecule has 0 spiro atoms. The van der Waals surface area contributed by atoms with Crippen LogP contribution in [0.4, 0.5) is 23.7 Å². The van der Waals surface area contributed by atoms with Crippen LogP contribution in [0.2, 0.25) is 0 Å². The Bertz CT molecular complexity index is 778. The average Bonchev–Trinajstić information content (AvgIpc) is 2.63. The van der Waals surface area contributed by atoms with Crippen LogP contribution >= 0.6 is 0 Å². The van der Waals surface area contributed by atoms with Gasteiger partial charge in [0.15, 0.2) is 0 Å². The molecule has 28 heavy (non-hydrogen) atoms. The molecule has 1 aliphatic rings. The van der Waals surface area contributed by atoms with Gasteiger partial charge in [-0.25, -0.2) is 4.79 Å². The third-order valence-corrected chi connectivity index (χ3v) is 4.38. The van der Waals surface area contributed by atoms with Gasteiger partial charge in [-0.2, -0.15) is 0 Å². The minimum atomic E-state index is -4.77. The molecular weight excluding hydrogens is 373 g/mol. The number of anilines is 1. The number of aromatic nitrogens is 1. The number of carbonyl (C=O) groups is 1. The predicted octanol–water partition coefficient (Wildman–Crippen LogP) is 3.77. The molecule has 6 nitrogen and oxygen atoms in total. The van der Waals surface area contributed by atoms with Gasteiger partial charge in [0.05, 0.1) is 0 Å². The highest BCUT2D eigenvalue weighted by Gasteiger charge is 2.31. The molecule has 1 aliphatic heterocycles. The first-order chi connectivity index (χ1) is 13.4. The molecule has 0 atom stereocenters. The van der Waals surface area contributed by atoms with Gasteiger partial charge in [-0.15, -0.1) is 13.2 Å². The minimum absolute atomic E-state index is 0.0137. The lowest BCUT2D eigenvalue weighted by Crippen LogP contribution is -2.45. The van der Waals surface area contributed by atoms with Crippen molar-refractivity contribution in [3.63, 3.8) is 0 Å². The molecule has 0 aliphatic carbocycles. The molecule has 9 heteroatoms. The topological polar surface area (TPSA) is 66.5 Å². The molecule has 2 heterocycles. The van der Waals surface area contributed by atoms with E-state index in [0.29, 0.717) is 0 Å². The highest BCUT2D eigenvalue weighted by atomic mass is 19.4. The fourth-order valence-corrected chi connectivity index (χ4v) is 3.11. The number of rotatable bonds is 5. The lowest BCUT2D eigenvalue weighted by Gasteiger charge is -2.32. The highest BCUT2D eigenvalue weighted by molar-refractivity contribution is 5.89. The van der Waals surface area contributed by atoms with Crippen molar-refractivity contribution in [2.24, 2.45) is 0 Å². The maximum atomic E-state index is 12.3. The molecule has 0 radical (unpaired) electrons. The smallest absolute Gasteiger partial charge is 0.406 e. The van der Waals surface area contributed by atoms with E-state index in [-0.39, 0.29) is 17.5 Å². The average molecular weight is 394 g/mol. The van der Waals surface area contributed by atoms with Gasteiger partial charge in [0.25, 0.3) is 0 Å². The fourth-order valence-electron chi connectivity index (χ4n) is 3.11. The summed E-state index contributed by atoms with van der Waals surface area (Å²) >= 11 is 0. The molecule has 1 aromatic heterocycles. The number of amides is 2. The van der Waals surface area contributed by atoms with E-state index in [9.17, 15) is 18.0 Å². The number of pyridine rings is 1. The number of hydrogen-bond acceptors (Lipinski definition) is 4. The van der Waals surface area contributed by atoms with Gasteiger partial charge >= 0.3 is 12.4 Å². The zero-order valence-corrected chi connectivity index (χ0v) is 15.1. The zero-order valence-electron chi connectivity index (χ0n) is 15.1. The van der Waals surface area contributed by atoms with Crippen molar-refractivity contribution in [3.05, 3.63) is 54.4 Å². The van der Waals surface area contributed by atoms with E-state index in [4.69, 9.17) is 0 Å². The number of halogens is 3. The molecule has 0 bridgehead atoms. The molecule has 0 saturated carbocycles.